The van der Waals surface area contributed by atoms with E-state index in [0.29, 0.717) is 12.0 Å². The molecule has 0 spiro atoms. The zero-order valence-corrected chi connectivity index (χ0v) is 11.6. The van der Waals surface area contributed by atoms with E-state index >= 15 is 0 Å². The van der Waals surface area contributed by atoms with Gasteiger partial charge >= 0.3 is 5.95 Å². The van der Waals surface area contributed by atoms with Crippen molar-refractivity contribution in [2.45, 2.75) is 33.2 Å². The summed E-state index contributed by atoms with van der Waals surface area (Å²) < 4.78 is 2.12. The summed E-state index contributed by atoms with van der Waals surface area (Å²) in [5.74, 6) is 1.63. The zero-order chi connectivity index (χ0) is 13.1. The van der Waals surface area contributed by atoms with Crippen molar-refractivity contribution in [1.29, 1.82) is 0 Å². The third-order valence-electron chi connectivity index (χ3n) is 3.14. The van der Waals surface area contributed by atoms with Crippen LogP contribution in [0.25, 0.3) is 10.9 Å². The minimum Gasteiger partial charge on any atom is -0.272 e. The summed E-state index contributed by atoms with van der Waals surface area (Å²) >= 11 is 0. The summed E-state index contributed by atoms with van der Waals surface area (Å²) in [5.41, 5.74) is 1.20. The highest BCUT2D eigenvalue weighted by Gasteiger charge is 2.15. The molecule has 2 rings (SSSR count). The van der Waals surface area contributed by atoms with E-state index in [9.17, 15) is 0 Å². The lowest BCUT2D eigenvalue weighted by molar-refractivity contribution is -0.633. The molecule has 0 radical (unpaired) electrons. The summed E-state index contributed by atoms with van der Waals surface area (Å²) in [6.07, 6.45) is 3.08. The standard InChI is InChI=1S/C15H21N3/c1-11(2)9-12(3)17-15-16-10-13-7-5-6-8-14(13)18(15)4/h5-8,10-12H,9H2,1-4H3/p+1. The lowest BCUT2D eigenvalue weighted by atomic mass is 10.1. The predicted molar refractivity (Wildman–Crippen MR) is 75.5 cm³/mol. The maximum atomic E-state index is 4.51. The fourth-order valence-corrected chi connectivity index (χ4v) is 2.35. The molecule has 0 aliphatic heterocycles. The monoisotopic (exact) mass is 244 g/mol. The van der Waals surface area contributed by atoms with E-state index in [1.54, 1.807) is 0 Å². The van der Waals surface area contributed by atoms with Gasteiger partial charge in [0.05, 0.1) is 13.1 Å². The van der Waals surface area contributed by atoms with Crippen LogP contribution in [0.2, 0.25) is 0 Å². The van der Waals surface area contributed by atoms with Crippen LogP contribution in [0.5, 0.6) is 0 Å². The number of aromatic nitrogens is 2. The summed E-state index contributed by atoms with van der Waals surface area (Å²) in [7, 11) is 2.06. The predicted octanol–water partition coefficient (Wildman–Crippen LogP) is 2.91. The molecule has 1 aromatic heterocycles. The Bertz CT molecular complexity index is 534. The molecule has 1 heterocycles. The lowest BCUT2D eigenvalue weighted by Gasteiger charge is -2.13. The molecule has 0 fully saturated rings. The van der Waals surface area contributed by atoms with E-state index in [1.165, 1.54) is 10.9 Å². The molecule has 1 unspecified atom stereocenters. The van der Waals surface area contributed by atoms with Gasteiger partial charge in [-0.3, -0.25) is 5.32 Å². The number of nitrogens with one attached hydrogen (secondary N) is 1. The second kappa shape index (κ2) is 5.34. The normalized spacial score (nSPS) is 12.9. The van der Waals surface area contributed by atoms with Gasteiger partial charge in [-0.25, -0.2) is 4.57 Å². The van der Waals surface area contributed by atoms with Crippen molar-refractivity contribution >= 4 is 16.9 Å². The number of para-hydroxylation sites is 1. The number of aryl methyl sites for hydroxylation is 1. The van der Waals surface area contributed by atoms with Crippen LogP contribution < -0.4 is 9.88 Å². The number of hydrogen-bond donors (Lipinski definition) is 1. The van der Waals surface area contributed by atoms with Gasteiger partial charge in [0, 0.05) is 5.39 Å². The molecule has 0 saturated carbocycles. The molecule has 1 atom stereocenters. The maximum absolute atomic E-state index is 4.51. The summed E-state index contributed by atoms with van der Waals surface area (Å²) in [6.45, 7) is 6.69. The Labute approximate surface area is 109 Å². The molecule has 96 valence electrons. The Morgan fingerprint density at radius 2 is 1.94 bits per heavy atom. The van der Waals surface area contributed by atoms with Crippen molar-refractivity contribution < 1.29 is 4.57 Å². The van der Waals surface area contributed by atoms with Crippen LogP contribution in [0.4, 0.5) is 5.95 Å². The molecule has 1 aromatic carbocycles. The van der Waals surface area contributed by atoms with Crippen LogP contribution in [0.1, 0.15) is 27.2 Å². The highest BCUT2D eigenvalue weighted by molar-refractivity contribution is 5.74. The number of hydrogen-bond acceptors (Lipinski definition) is 2. The fraction of sp³-hybridized carbons (Fsp3) is 0.467. The number of anilines is 1. The lowest BCUT2D eigenvalue weighted by Crippen LogP contribution is -2.37. The second-order valence-corrected chi connectivity index (χ2v) is 5.37. The minimum absolute atomic E-state index is 0.435. The SMILES string of the molecule is CC(C)CC(C)Nc1ncc2ccccc2[n+]1C. The van der Waals surface area contributed by atoms with Crippen molar-refractivity contribution in [2.24, 2.45) is 13.0 Å². The number of fused-ring (bicyclic) bond motifs is 1. The molecule has 0 bridgehead atoms. The van der Waals surface area contributed by atoms with E-state index in [4.69, 9.17) is 0 Å². The first-order chi connectivity index (χ1) is 8.58. The molecule has 0 amide bonds. The third kappa shape index (κ3) is 2.78. The molecule has 0 aliphatic carbocycles. The van der Waals surface area contributed by atoms with Gasteiger partial charge in [-0.15, -0.1) is 0 Å². The second-order valence-electron chi connectivity index (χ2n) is 5.37. The quantitative estimate of drug-likeness (QED) is 0.838. The molecule has 2 aromatic rings. The van der Waals surface area contributed by atoms with Gasteiger partial charge in [0.2, 0.25) is 0 Å². The molecule has 0 saturated heterocycles. The molecule has 3 nitrogen and oxygen atoms in total. The zero-order valence-electron chi connectivity index (χ0n) is 11.6. The van der Waals surface area contributed by atoms with E-state index < -0.39 is 0 Å². The van der Waals surface area contributed by atoms with Gasteiger partial charge < -0.3 is 0 Å². The van der Waals surface area contributed by atoms with Crippen LogP contribution in [-0.4, -0.2) is 11.0 Å². The van der Waals surface area contributed by atoms with E-state index in [-0.39, 0.29) is 0 Å². The van der Waals surface area contributed by atoms with E-state index in [2.05, 4.69) is 60.9 Å². The largest absolute Gasteiger partial charge is 0.392 e. The van der Waals surface area contributed by atoms with Gasteiger partial charge in [0.1, 0.15) is 11.7 Å². The fourth-order valence-electron chi connectivity index (χ4n) is 2.35. The highest BCUT2D eigenvalue weighted by Crippen LogP contribution is 2.12. The first-order valence-corrected chi connectivity index (χ1v) is 6.58. The number of rotatable bonds is 4. The van der Waals surface area contributed by atoms with E-state index in [0.717, 1.165) is 12.4 Å². The van der Waals surface area contributed by atoms with Crippen molar-refractivity contribution in [3.05, 3.63) is 30.5 Å². The topological polar surface area (TPSA) is 28.8 Å². The maximum Gasteiger partial charge on any atom is 0.392 e. The van der Waals surface area contributed by atoms with Gasteiger partial charge in [-0.1, -0.05) is 31.0 Å². The third-order valence-corrected chi connectivity index (χ3v) is 3.14. The van der Waals surface area contributed by atoms with Crippen molar-refractivity contribution in [3.8, 4) is 0 Å². The van der Waals surface area contributed by atoms with Crippen molar-refractivity contribution in [1.82, 2.24) is 4.98 Å². The van der Waals surface area contributed by atoms with Crippen molar-refractivity contribution in [3.63, 3.8) is 0 Å². The van der Waals surface area contributed by atoms with Crippen LogP contribution in [0.15, 0.2) is 30.5 Å². The molecular weight excluding hydrogens is 222 g/mol. The molecule has 3 heteroatoms. The molecule has 18 heavy (non-hydrogen) atoms. The Hall–Kier alpha value is -1.64. The Morgan fingerprint density at radius 1 is 1.22 bits per heavy atom. The van der Waals surface area contributed by atoms with Crippen LogP contribution >= 0.6 is 0 Å². The summed E-state index contributed by atoms with van der Waals surface area (Å²) in [6, 6.07) is 8.74. The Balaban J connectivity index is 2.26. The van der Waals surface area contributed by atoms with Gasteiger partial charge in [0.15, 0.2) is 0 Å². The molecule has 0 aliphatic rings. The first-order valence-electron chi connectivity index (χ1n) is 6.58. The van der Waals surface area contributed by atoms with Crippen LogP contribution in [0.3, 0.4) is 0 Å². The van der Waals surface area contributed by atoms with Crippen LogP contribution in [-0.2, 0) is 7.05 Å². The smallest absolute Gasteiger partial charge is 0.272 e. The Kier molecular flexibility index (Phi) is 3.80. The van der Waals surface area contributed by atoms with Crippen LogP contribution in [0, 0.1) is 5.92 Å². The number of nitrogens with zero attached hydrogens (tertiary/aromatic N) is 2. The summed E-state index contributed by atoms with van der Waals surface area (Å²) in [5, 5.41) is 4.65. The first kappa shape index (κ1) is 12.8. The van der Waals surface area contributed by atoms with Crippen molar-refractivity contribution in [2.75, 3.05) is 5.32 Å². The minimum atomic E-state index is 0.435. The van der Waals surface area contributed by atoms with Gasteiger partial charge in [-0.2, -0.15) is 0 Å². The average Bonchev–Trinajstić information content (AvgIpc) is 2.32. The summed E-state index contributed by atoms with van der Waals surface area (Å²) in [4.78, 5) is 4.51. The number of benzene rings is 1. The Morgan fingerprint density at radius 3 is 2.67 bits per heavy atom. The van der Waals surface area contributed by atoms with Gasteiger partial charge in [-0.05, 0) is 31.4 Å². The highest BCUT2D eigenvalue weighted by atomic mass is 15.2. The van der Waals surface area contributed by atoms with Gasteiger partial charge in [0.25, 0.3) is 0 Å². The molecular formula is C15H22N3+. The van der Waals surface area contributed by atoms with E-state index in [1.807, 2.05) is 12.3 Å². The molecule has 1 N–H and O–H groups in total. The average molecular weight is 244 g/mol.